The number of nitrogens with one attached hydrogen (secondary N) is 2. The lowest BCUT2D eigenvalue weighted by atomic mass is 10.2. The van der Waals surface area contributed by atoms with Gasteiger partial charge in [0.2, 0.25) is 17.8 Å². The molecule has 0 aliphatic carbocycles. The lowest BCUT2D eigenvalue weighted by Gasteiger charge is -2.17. The van der Waals surface area contributed by atoms with E-state index in [2.05, 4.69) is 30.2 Å². The van der Waals surface area contributed by atoms with Gasteiger partial charge >= 0.3 is 0 Å². The second-order valence-corrected chi connectivity index (χ2v) is 9.05. The Kier molecular flexibility index (Phi) is 6.17. The van der Waals surface area contributed by atoms with Gasteiger partial charge < -0.3 is 9.80 Å². The van der Waals surface area contributed by atoms with E-state index >= 15 is 0 Å². The minimum absolute atomic E-state index is 0.300. The van der Waals surface area contributed by atoms with Crippen LogP contribution in [0.5, 0.6) is 0 Å². The highest BCUT2D eigenvalue weighted by atomic mass is 32.7. The molecule has 12 heteroatoms. The fraction of sp³-hybridized carbons (Fsp3) is 0.357. The maximum absolute atomic E-state index is 11.6. The average Bonchev–Trinajstić information content (AvgIpc) is 2.52. The Bertz CT molecular complexity index is 878. The third-order valence-corrected chi connectivity index (χ3v) is 3.88. The van der Waals surface area contributed by atoms with Crippen molar-refractivity contribution >= 4 is 47.3 Å². The van der Waals surface area contributed by atoms with E-state index in [0.29, 0.717) is 29.2 Å². The molecule has 0 bridgehead atoms. The van der Waals surface area contributed by atoms with Crippen LogP contribution < -0.4 is 20.7 Å². The van der Waals surface area contributed by atoms with Gasteiger partial charge in [0, 0.05) is 28.2 Å². The second kappa shape index (κ2) is 7.98. The zero-order valence-corrected chi connectivity index (χ0v) is 17.2. The van der Waals surface area contributed by atoms with Crippen molar-refractivity contribution in [1.29, 1.82) is 0 Å². The summed E-state index contributed by atoms with van der Waals surface area (Å²) in [5.74, 6) is 1.28. The molecule has 1 heterocycles. The van der Waals surface area contributed by atoms with Gasteiger partial charge in [-0.05, 0) is 33.1 Å². The van der Waals surface area contributed by atoms with Crippen molar-refractivity contribution < 1.29 is 8.76 Å². The number of aromatic nitrogens is 3. The van der Waals surface area contributed by atoms with E-state index in [1.807, 2.05) is 49.6 Å². The minimum atomic E-state index is -3.37. The van der Waals surface area contributed by atoms with Crippen molar-refractivity contribution in [1.82, 2.24) is 15.0 Å². The van der Waals surface area contributed by atoms with Crippen molar-refractivity contribution in [2.24, 2.45) is 4.36 Å². The maximum Gasteiger partial charge on any atom is 0.248 e. The van der Waals surface area contributed by atoms with Crippen LogP contribution in [0.1, 0.15) is 5.56 Å². The van der Waals surface area contributed by atoms with E-state index in [4.69, 9.17) is 0 Å². The number of anilines is 4. The zero-order chi connectivity index (χ0) is 19.5. The number of hydrogen-bond donors (Lipinski definition) is 3. The van der Waals surface area contributed by atoms with Gasteiger partial charge in [0.05, 0.1) is 5.69 Å². The lowest BCUT2D eigenvalue weighted by Crippen LogP contribution is -2.21. The average molecular weight is 398 g/mol. The number of hydrogen-bond acceptors (Lipinski definition) is 9. The Morgan fingerprint density at radius 2 is 1.65 bits per heavy atom. The van der Waals surface area contributed by atoms with Gasteiger partial charge in [-0.2, -0.15) is 19.3 Å². The first kappa shape index (κ1) is 20.1. The van der Waals surface area contributed by atoms with E-state index in [9.17, 15) is 8.76 Å². The summed E-state index contributed by atoms with van der Waals surface area (Å²) in [6.45, 7) is 1.87. The molecule has 3 N–H and O–H groups in total. The van der Waals surface area contributed by atoms with Gasteiger partial charge in [-0.15, -0.1) is 0 Å². The Morgan fingerprint density at radius 1 is 1.08 bits per heavy atom. The molecule has 0 amide bonds. The molecule has 0 saturated heterocycles. The van der Waals surface area contributed by atoms with Gasteiger partial charge in [0.25, 0.3) is 0 Å². The van der Waals surface area contributed by atoms with E-state index in [-0.39, 0.29) is 0 Å². The highest BCUT2D eigenvalue weighted by Gasteiger charge is 2.10. The quantitative estimate of drug-likeness (QED) is 0.496. The molecule has 142 valence electrons. The van der Waals surface area contributed by atoms with Crippen LogP contribution in [0.15, 0.2) is 22.6 Å². The molecular formula is C14H23N8O2PS. The van der Waals surface area contributed by atoms with Gasteiger partial charge in [0.1, 0.15) is 5.69 Å². The monoisotopic (exact) mass is 398 g/mol. The van der Waals surface area contributed by atoms with Crippen molar-refractivity contribution in [2.45, 2.75) is 6.92 Å². The fourth-order valence-electron chi connectivity index (χ4n) is 1.90. The molecule has 0 spiro atoms. The normalized spacial score (nSPS) is 12.9. The largest absolute Gasteiger partial charge is 0.347 e. The van der Waals surface area contributed by atoms with E-state index in [0.717, 1.165) is 5.56 Å². The lowest BCUT2D eigenvalue weighted by molar-refractivity contribution is 0.570. The van der Waals surface area contributed by atoms with Crippen LogP contribution >= 0.6 is 8.44 Å². The molecule has 2 rings (SSSR count). The Labute approximate surface area is 155 Å². The van der Waals surface area contributed by atoms with Gasteiger partial charge in [0.15, 0.2) is 9.63 Å². The second-order valence-electron chi connectivity index (χ2n) is 5.95. The number of nitrogens with zero attached hydrogens (tertiary/aromatic N) is 6. The summed E-state index contributed by atoms with van der Waals surface area (Å²) in [6.07, 6.45) is 0. The molecule has 26 heavy (non-hydrogen) atoms. The summed E-state index contributed by atoms with van der Waals surface area (Å²) < 4.78 is 24.9. The molecule has 2 unspecified atom stereocenters. The summed E-state index contributed by atoms with van der Waals surface area (Å²) in [5, 5.41) is 0. The first-order valence-corrected chi connectivity index (χ1v) is 10.5. The summed E-state index contributed by atoms with van der Waals surface area (Å²) >= 11 is 0. The summed E-state index contributed by atoms with van der Waals surface area (Å²) in [6, 6.07) is 5.31. The summed E-state index contributed by atoms with van der Waals surface area (Å²) in [4.78, 5) is 16.5. The predicted molar refractivity (Wildman–Crippen MR) is 109 cm³/mol. The third kappa shape index (κ3) is 5.65. The fourth-order valence-corrected chi connectivity index (χ4v) is 2.67. The molecule has 2 aromatic rings. The Hall–Kier alpha value is -2.23. The van der Waals surface area contributed by atoms with Crippen molar-refractivity contribution in [2.75, 3.05) is 48.8 Å². The Balaban J connectivity index is 2.33. The molecule has 2 atom stereocenters. The van der Waals surface area contributed by atoms with E-state index < -0.39 is 9.63 Å². The third-order valence-electron chi connectivity index (χ3n) is 3.10. The van der Waals surface area contributed by atoms with Crippen LogP contribution in [0.4, 0.5) is 29.2 Å². The highest BCUT2D eigenvalue weighted by molar-refractivity contribution is 8.35. The predicted octanol–water partition coefficient (Wildman–Crippen LogP) is 2.11. The molecule has 0 aliphatic rings. The molecule has 0 aliphatic heterocycles. The first-order chi connectivity index (χ1) is 12.0. The molecular weight excluding hydrogens is 375 g/mol. The van der Waals surface area contributed by atoms with Crippen LogP contribution in [-0.4, -0.2) is 51.9 Å². The number of rotatable bonds is 6. The standard InChI is InChI=1S/C14H23N8O2PS/c1-9-6-7-10(11(8-9)20-26(23,24)25)18-19-12-15-13(21(2)3)17-14(16-12)22(4)5/h6-8,18H,25H2,1-5H3,(H,20,23,24)(H,15,16,17,19). The van der Waals surface area contributed by atoms with E-state index in [1.165, 1.54) is 0 Å². The summed E-state index contributed by atoms with van der Waals surface area (Å²) in [7, 11) is 5.79. The van der Waals surface area contributed by atoms with Crippen molar-refractivity contribution in [3.8, 4) is 0 Å². The van der Waals surface area contributed by atoms with Gasteiger partial charge in [-0.1, -0.05) is 6.07 Å². The van der Waals surface area contributed by atoms with Gasteiger partial charge in [-0.25, -0.2) is 4.21 Å². The smallest absolute Gasteiger partial charge is 0.248 e. The van der Waals surface area contributed by atoms with Crippen LogP contribution in [0.2, 0.25) is 0 Å². The minimum Gasteiger partial charge on any atom is -0.347 e. The molecule has 0 saturated carbocycles. The summed E-state index contributed by atoms with van der Waals surface area (Å²) in [5.41, 5.74) is 7.59. The highest BCUT2D eigenvalue weighted by Crippen LogP contribution is 2.28. The molecule has 1 aromatic heterocycles. The Morgan fingerprint density at radius 3 is 2.15 bits per heavy atom. The van der Waals surface area contributed by atoms with Crippen LogP contribution in [0.3, 0.4) is 0 Å². The molecule has 0 fully saturated rings. The van der Waals surface area contributed by atoms with Crippen LogP contribution in [0, 0.1) is 6.92 Å². The number of aryl methyl sites for hydroxylation is 1. The van der Waals surface area contributed by atoms with Crippen molar-refractivity contribution in [3.05, 3.63) is 23.8 Å². The first-order valence-electron chi connectivity index (χ1n) is 7.56. The van der Waals surface area contributed by atoms with Crippen molar-refractivity contribution in [3.63, 3.8) is 0 Å². The zero-order valence-electron chi connectivity index (χ0n) is 15.3. The van der Waals surface area contributed by atoms with E-state index in [1.54, 1.807) is 21.9 Å². The maximum atomic E-state index is 11.6. The topological polar surface area (TPSA) is 119 Å². The molecule has 1 aromatic carbocycles. The number of hydrazine groups is 1. The molecule has 10 nitrogen and oxygen atoms in total. The van der Waals surface area contributed by atoms with Crippen LogP contribution in [0.25, 0.3) is 0 Å². The van der Waals surface area contributed by atoms with Crippen LogP contribution in [-0.2, 0) is 9.63 Å². The SMILES string of the molecule is Cc1ccc(NNc2nc(N(C)C)nc(N(C)C)n2)c(N=S(=O)(O)P)c1. The molecule has 0 radical (unpaired) electrons. The number of benzene rings is 1. The van der Waals surface area contributed by atoms with Gasteiger partial charge in [-0.3, -0.25) is 15.4 Å².